The van der Waals surface area contributed by atoms with Crippen LogP contribution in [0.5, 0.6) is 0 Å². The van der Waals surface area contributed by atoms with Crippen LogP contribution in [0.25, 0.3) is 10.9 Å². The second kappa shape index (κ2) is 5.00. The van der Waals surface area contributed by atoms with Crippen molar-refractivity contribution in [1.82, 2.24) is 9.97 Å². The first-order chi connectivity index (χ1) is 10.3. The van der Waals surface area contributed by atoms with Crippen LogP contribution in [0.4, 0.5) is 5.13 Å². The first-order valence-corrected chi connectivity index (χ1v) is 7.99. The molecule has 1 aliphatic carbocycles. The summed E-state index contributed by atoms with van der Waals surface area (Å²) in [6, 6.07) is 7.69. The van der Waals surface area contributed by atoms with Crippen molar-refractivity contribution in [2.75, 3.05) is 5.32 Å². The van der Waals surface area contributed by atoms with Gasteiger partial charge in [0.15, 0.2) is 5.13 Å². The van der Waals surface area contributed by atoms with Crippen molar-refractivity contribution in [1.29, 1.82) is 0 Å². The number of hydrogen-bond acceptors (Lipinski definition) is 3. The Bertz CT molecular complexity index is 794. The maximum Gasteiger partial charge on any atom is 0.259 e. The molecule has 2 heterocycles. The Morgan fingerprint density at radius 1 is 1.24 bits per heavy atom. The lowest BCUT2D eigenvalue weighted by molar-refractivity contribution is 0.102. The highest BCUT2D eigenvalue weighted by atomic mass is 32.1. The number of thiazole rings is 1. The van der Waals surface area contributed by atoms with Gasteiger partial charge in [-0.1, -0.05) is 12.1 Å². The monoisotopic (exact) mass is 297 g/mol. The van der Waals surface area contributed by atoms with Gasteiger partial charge in [-0.15, -0.1) is 11.3 Å². The fourth-order valence-electron chi connectivity index (χ4n) is 2.84. The van der Waals surface area contributed by atoms with Crippen LogP contribution in [-0.2, 0) is 12.8 Å². The van der Waals surface area contributed by atoms with Crippen molar-refractivity contribution in [3.8, 4) is 0 Å². The maximum absolute atomic E-state index is 12.5. The quantitative estimate of drug-likeness (QED) is 0.756. The minimum Gasteiger partial charge on any atom is -0.361 e. The van der Waals surface area contributed by atoms with Gasteiger partial charge in [0, 0.05) is 16.5 Å². The molecule has 0 saturated heterocycles. The molecule has 1 aromatic carbocycles. The van der Waals surface area contributed by atoms with E-state index in [-0.39, 0.29) is 5.91 Å². The van der Waals surface area contributed by atoms with Gasteiger partial charge in [0.2, 0.25) is 0 Å². The van der Waals surface area contributed by atoms with Gasteiger partial charge in [-0.05, 0) is 37.8 Å². The molecular formula is C16H15N3OS. The van der Waals surface area contributed by atoms with Crippen molar-refractivity contribution in [2.24, 2.45) is 0 Å². The summed E-state index contributed by atoms with van der Waals surface area (Å²) in [4.78, 5) is 21.5. The van der Waals surface area contributed by atoms with Crippen LogP contribution >= 0.6 is 11.3 Å². The van der Waals surface area contributed by atoms with Crippen LogP contribution in [0.15, 0.2) is 30.5 Å². The lowest BCUT2D eigenvalue weighted by Crippen LogP contribution is -2.12. The number of carbonyl (C=O) groups is 1. The van der Waals surface area contributed by atoms with E-state index >= 15 is 0 Å². The van der Waals surface area contributed by atoms with Gasteiger partial charge in [-0.25, -0.2) is 4.98 Å². The number of nitrogens with one attached hydrogen (secondary N) is 2. The number of anilines is 1. The molecule has 0 saturated carbocycles. The summed E-state index contributed by atoms with van der Waals surface area (Å²) in [7, 11) is 0. The van der Waals surface area contributed by atoms with Gasteiger partial charge in [-0.2, -0.15) is 0 Å². The van der Waals surface area contributed by atoms with Gasteiger partial charge in [0.05, 0.1) is 16.8 Å². The highest BCUT2D eigenvalue weighted by Crippen LogP contribution is 2.30. The lowest BCUT2D eigenvalue weighted by atomic mass is 10.0. The second-order valence-corrected chi connectivity index (χ2v) is 6.38. The summed E-state index contributed by atoms with van der Waals surface area (Å²) < 4.78 is 0. The summed E-state index contributed by atoms with van der Waals surface area (Å²) in [5.74, 6) is -0.103. The Labute approximate surface area is 126 Å². The van der Waals surface area contributed by atoms with Crippen molar-refractivity contribution in [3.63, 3.8) is 0 Å². The zero-order valence-corrected chi connectivity index (χ0v) is 12.3. The molecule has 21 heavy (non-hydrogen) atoms. The van der Waals surface area contributed by atoms with Crippen LogP contribution in [0.2, 0.25) is 0 Å². The summed E-state index contributed by atoms with van der Waals surface area (Å²) in [5.41, 5.74) is 2.70. The van der Waals surface area contributed by atoms with E-state index in [9.17, 15) is 4.79 Å². The van der Waals surface area contributed by atoms with Crippen LogP contribution in [0.3, 0.4) is 0 Å². The number of rotatable bonds is 2. The van der Waals surface area contributed by atoms with Crippen molar-refractivity contribution < 1.29 is 4.79 Å². The van der Waals surface area contributed by atoms with E-state index < -0.39 is 0 Å². The van der Waals surface area contributed by atoms with Crippen LogP contribution in [0, 0.1) is 0 Å². The smallest absolute Gasteiger partial charge is 0.259 e. The Morgan fingerprint density at radius 2 is 2.14 bits per heavy atom. The third-order valence-electron chi connectivity index (χ3n) is 3.90. The number of aromatic nitrogens is 2. The predicted octanol–water partition coefficient (Wildman–Crippen LogP) is 3.76. The van der Waals surface area contributed by atoms with E-state index in [1.807, 2.05) is 30.5 Å². The van der Waals surface area contributed by atoms with Crippen molar-refractivity contribution >= 4 is 33.3 Å². The highest BCUT2D eigenvalue weighted by molar-refractivity contribution is 7.15. The molecule has 106 valence electrons. The summed E-state index contributed by atoms with van der Waals surface area (Å²) in [6.45, 7) is 0. The van der Waals surface area contributed by atoms with Gasteiger partial charge >= 0.3 is 0 Å². The van der Waals surface area contributed by atoms with Gasteiger partial charge in [-0.3, -0.25) is 10.1 Å². The molecule has 4 rings (SSSR count). The van der Waals surface area contributed by atoms with E-state index in [0.717, 1.165) is 28.9 Å². The maximum atomic E-state index is 12.5. The average Bonchev–Trinajstić information content (AvgIpc) is 3.12. The summed E-state index contributed by atoms with van der Waals surface area (Å²) in [6.07, 6.45) is 6.41. The minimum atomic E-state index is -0.103. The minimum absolute atomic E-state index is 0.103. The van der Waals surface area contributed by atoms with E-state index in [0.29, 0.717) is 5.56 Å². The molecule has 0 bridgehead atoms. The predicted molar refractivity (Wildman–Crippen MR) is 85.0 cm³/mol. The van der Waals surface area contributed by atoms with Crippen molar-refractivity contribution in [3.05, 3.63) is 46.6 Å². The van der Waals surface area contributed by atoms with Crippen molar-refractivity contribution in [2.45, 2.75) is 25.7 Å². The number of carbonyl (C=O) groups excluding carboxylic acids is 1. The molecular weight excluding hydrogens is 282 g/mol. The number of nitrogens with zero attached hydrogens (tertiary/aromatic N) is 1. The zero-order chi connectivity index (χ0) is 14.2. The molecule has 0 fully saturated rings. The molecule has 1 amide bonds. The largest absolute Gasteiger partial charge is 0.361 e. The molecule has 1 aliphatic rings. The molecule has 0 unspecified atom stereocenters. The van der Waals surface area contributed by atoms with E-state index in [4.69, 9.17) is 0 Å². The lowest BCUT2D eigenvalue weighted by Gasteiger charge is -2.06. The molecule has 0 aliphatic heterocycles. The third-order valence-corrected chi connectivity index (χ3v) is 4.97. The average molecular weight is 297 g/mol. The molecule has 2 aromatic heterocycles. The number of aromatic amines is 1. The number of aryl methyl sites for hydroxylation is 2. The van der Waals surface area contributed by atoms with E-state index in [1.165, 1.54) is 23.4 Å². The van der Waals surface area contributed by atoms with E-state index in [1.54, 1.807) is 11.3 Å². The normalized spacial score (nSPS) is 14.1. The molecule has 0 spiro atoms. The Balaban J connectivity index is 1.63. The number of H-pyrrole nitrogens is 1. The molecule has 3 aromatic rings. The third kappa shape index (κ3) is 2.23. The van der Waals surface area contributed by atoms with Gasteiger partial charge in [0.1, 0.15) is 0 Å². The Kier molecular flexibility index (Phi) is 3.00. The summed E-state index contributed by atoms with van der Waals surface area (Å²) in [5, 5.41) is 4.71. The Hall–Kier alpha value is -2.14. The van der Waals surface area contributed by atoms with Crippen LogP contribution in [0.1, 0.15) is 33.8 Å². The number of para-hydroxylation sites is 1. The Morgan fingerprint density at radius 3 is 3.05 bits per heavy atom. The highest BCUT2D eigenvalue weighted by Gasteiger charge is 2.17. The van der Waals surface area contributed by atoms with Crippen LogP contribution in [-0.4, -0.2) is 15.9 Å². The number of hydrogen-bond donors (Lipinski definition) is 2. The number of fused-ring (bicyclic) bond motifs is 2. The molecule has 5 heteroatoms. The fourth-order valence-corrected chi connectivity index (χ4v) is 3.89. The van der Waals surface area contributed by atoms with E-state index in [2.05, 4.69) is 15.3 Å². The molecule has 4 nitrogen and oxygen atoms in total. The first-order valence-electron chi connectivity index (χ1n) is 7.17. The standard InChI is InChI=1S/C16H15N3OS/c20-15(11-5-3-4-10-8-9-17-14(10)11)19-16-18-12-6-1-2-7-13(12)21-16/h3-5,8-9,17H,1-2,6-7H2,(H,18,19,20). The zero-order valence-electron chi connectivity index (χ0n) is 11.5. The van der Waals surface area contributed by atoms with Gasteiger partial charge in [0.25, 0.3) is 5.91 Å². The first kappa shape index (κ1) is 12.6. The molecule has 0 radical (unpaired) electrons. The number of amides is 1. The SMILES string of the molecule is O=C(Nc1nc2c(s1)CCCC2)c1cccc2cc[nH]c12. The van der Waals surface area contributed by atoms with Gasteiger partial charge < -0.3 is 4.98 Å². The van der Waals surface area contributed by atoms with Crippen LogP contribution < -0.4 is 5.32 Å². The number of benzene rings is 1. The molecule has 0 atom stereocenters. The topological polar surface area (TPSA) is 57.8 Å². The molecule has 2 N–H and O–H groups in total. The second-order valence-electron chi connectivity index (χ2n) is 5.30. The fraction of sp³-hybridized carbons (Fsp3) is 0.250. The summed E-state index contributed by atoms with van der Waals surface area (Å²) >= 11 is 1.61.